The lowest BCUT2D eigenvalue weighted by Crippen LogP contribution is -2.15. The molecule has 0 radical (unpaired) electrons. The minimum atomic E-state index is -1.11. The van der Waals surface area contributed by atoms with Gasteiger partial charge in [-0.3, -0.25) is 0 Å². The zero-order chi connectivity index (χ0) is 14.2. The molecule has 19 heavy (non-hydrogen) atoms. The van der Waals surface area contributed by atoms with Gasteiger partial charge >= 0.3 is 5.97 Å². The molecule has 2 aromatic rings. The molecule has 1 aromatic carbocycles. The molecule has 0 saturated carbocycles. The second-order valence-corrected chi connectivity index (χ2v) is 5.30. The van der Waals surface area contributed by atoms with E-state index in [1.165, 1.54) is 24.3 Å². The van der Waals surface area contributed by atoms with Gasteiger partial charge in [-0.15, -0.1) is 0 Å². The third kappa shape index (κ3) is 2.50. The lowest BCUT2D eigenvalue weighted by molar-refractivity contribution is 0.0693. The second-order valence-electron chi connectivity index (χ2n) is 5.30. The number of aromatic nitrogens is 1. The molecule has 0 aliphatic rings. The number of carboxylic acids is 1. The van der Waals surface area contributed by atoms with Gasteiger partial charge in [0.05, 0.1) is 0 Å². The smallest absolute Gasteiger partial charge is 0.341 e. The number of hydrogen-bond donors (Lipinski definition) is 1. The van der Waals surface area contributed by atoms with E-state index in [9.17, 15) is 14.3 Å². The molecule has 0 amide bonds. The molecule has 0 aliphatic heterocycles. The van der Waals surface area contributed by atoms with Crippen LogP contribution in [0.1, 0.15) is 36.9 Å². The Morgan fingerprint density at radius 3 is 2.32 bits per heavy atom. The van der Waals surface area contributed by atoms with Crippen molar-refractivity contribution in [1.82, 2.24) is 5.16 Å². The molecule has 1 heterocycles. The summed E-state index contributed by atoms with van der Waals surface area (Å²) < 4.78 is 18.1. The monoisotopic (exact) mass is 263 g/mol. The van der Waals surface area contributed by atoms with Crippen LogP contribution in [0.4, 0.5) is 4.39 Å². The van der Waals surface area contributed by atoms with Gasteiger partial charge in [0.15, 0.2) is 5.76 Å². The Bertz CT molecular complexity index is 609. The van der Waals surface area contributed by atoms with Gasteiger partial charge in [-0.2, -0.15) is 0 Å². The number of hydrogen-bond acceptors (Lipinski definition) is 3. The van der Waals surface area contributed by atoms with Crippen LogP contribution in [0, 0.1) is 5.82 Å². The molecular formula is C14H14FNO3. The zero-order valence-corrected chi connectivity index (χ0v) is 10.9. The Kier molecular flexibility index (Phi) is 3.14. The van der Waals surface area contributed by atoms with Crippen LogP contribution >= 0.6 is 0 Å². The van der Waals surface area contributed by atoms with E-state index in [2.05, 4.69) is 5.16 Å². The number of carboxylic acid groups (broad SMARTS) is 1. The number of halogens is 1. The summed E-state index contributed by atoms with van der Waals surface area (Å²) in [6, 6.07) is 5.47. The first-order chi connectivity index (χ1) is 8.80. The second kappa shape index (κ2) is 4.50. The minimum absolute atomic E-state index is 0.0270. The van der Waals surface area contributed by atoms with Crippen LogP contribution in [0.3, 0.4) is 0 Å². The van der Waals surface area contributed by atoms with E-state index in [4.69, 9.17) is 4.52 Å². The number of nitrogens with zero attached hydrogens (tertiary/aromatic N) is 1. The zero-order valence-electron chi connectivity index (χ0n) is 10.9. The maximum absolute atomic E-state index is 12.9. The Labute approximate surface area is 109 Å². The van der Waals surface area contributed by atoms with E-state index < -0.39 is 11.4 Å². The summed E-state index contributed by atoms with van der Waals surface area (Å²) in [5.74, 6) is -1.19. The van der Waals surface area contributed by atoms with E-state index >= 15 is 0 Å². The van der Waals surface area contributed by atoms with Gasteiger partial charge in [-0.1, -0.05) is 25.9 Å². The van der Waals surface area contributed by atoms with Gasteiger partial charge < -0.3 is 9.63 Å². The van der Waals surface area contributed by atoms with Crippen molar-refractivity contribution in [3.05, 3.63) is 41.4 Å². The van der Waals surface area contributed by atoms with Crippen molar-refractivity contribution in [3.63, 3.8) is 0 Å². The Hall–Kier alpha value is -2.17. The van der Waals surface area contributed by atoms with Crippen LogP contribution in [-0.4, -0.2) is 16.2 Å². The molecule has 0 spiro atoms. The topological polar surface area (TPSA) is 63.3 Å². The van der Waals surface area contributed by atoms with E-state index in [0.29, 0.717) is 11.3 Å². The van der Waals surface area contributed by atoms with Crippen LogP contribution in [-0.2, 0) is 5.41 Å². The molecule has 2 rings (SSSR count). The SMILES string of the molecule is CC(C)(C)c1onc(-c2ccc(F)cc2)c1C(=O)O. The molecule has 5 heteroatoms. The van der Waals surface area contributed by atoms with Crippen LogP contribution < -0.4 is 0 Å². The highest BCUT2D eigenvalue weighted by Gasteiger charge is 2.31. The van der Waals surface area contributed by atoms with E-state index in [1.807, 2.05) is 20.8 Å². The van der Waals surface area contributed by atoms with Gasteiger partial charge in [0, 0.05) is 11.0 Å². The minimum Gasteiger partial charge on any atom is -0.477 e. The lowest BCUT2D eigenvalue weighted by atomic mass is 9.89. The third-order valence-electron chi connectivity index (χ3n) is 2.70. The average molecular weight is 263 g/mol. The molecule has 0 saturated heterocycles. The fraction of sp³-hybridized carbons (Fsp3) is 0.286. The van der Waals surface area contributed by atoms with Crippen molar-refractivity contribution in [1.29, 1.82) is 0 Å². The van der Waals surface area contributed by atoms with Crippen molar-refractivity contribution in [2.45, 2.75) is 26.2 Å². The molecule has 100 valence electrons. The van der Waals surface area contributed by atoms with Crippen molar-refractivity contribution < 1.29 is 18.8 Å². The molecule has 0 atom stereocenters. The van der Waals surface area contributed by atoms with Crippen LogP contribution in [0.25, 0.3) is 11.3 Å². The van der Waals surface area contributed by atoms with E-state index in [-0.39, 0.29) is 17.1 Å². The predicted octanol–water partition coefficient (Wildman–Crippen LogP) is 3.48. The standard InChI is InChI=1S/C14H14FNO3/c1-14(2,3)12-10(13(17)18)11(16-19-12)8-4-6-9(15)7-5-8/h4-7H,1-3H3,(H,17,18). The van der Waals surface area contributed by atoms with Gasteiger partial charge in [0.1, 0.15) is 17.1 Å². The van der Waals surface area contributed by atoms with Gasteiger partial charge in [-0.25, -0.2) is 9.18 Å². The molecule has 0 bridgehead atoms. The lowest BCUT2D eigenvalue weighted by Gasteiger charge is -2.14. The first-order valence-corrected chi connectivity index (χ1v) is 5.80. The van der Waals surface area contributed by atoms with Crippen LogP contribution in [0.15, 0.2) is 28.8 Å². The highest BCUT2D eigenvalue weighted by molar-refractivity contribution is 5.96. The van der Waals surface area contributed by atoms with Gasteiger partial charge in [0.25, 0.3) is 0 Å². The van der Waals surface area contributed by atoms with Crippen molar-refractivity contribution in [2.75, 3.05) is 0 Å². The van der Waals surface area contributed by atoms with Crippen LogP contribution in [0.5, 0.6) is 0 Å². The Morgan fingerprint density at radius 1 is 1.26 bits per heavy atom. The first-order valence-electron chi connectivity index (χ1n) is 5.80. The van der Waals surface area contributed by atoms with Crippen molar-refractivity contribution in [2.24, 2.45) is 0 Å². The van der Waals surface area contributed by atoms with Crippen molar-refractivity contribution in [3.8, 4) is 11.3 Å². The predicted molar refractivity (Wildman–Crippen MR) is 67.6 cm³/mol. The average Bonchev–Trinajstić information content (AvgIpc) is 2.74. The maximum atomic E-state index is 12.9. The number of carbonyl (C=O) groups is 1. The van der Waals surface area contributed by atoms with Crippen molar-refractivity contribution >= 4 is 5.97 Å². The molecule has 1 N–H and O–H groups in total. The molecule has 1 aromatic heterocycles. The normalized spacial score (nSPS) is 11.6. The summed E-state index contributed by atoms with van der Waals surface area (Å²) in [7, 11) is 0. The highest BCUT2D eigenvalue weighted by atomic mass is 19.1. The summed E-state index contributed by atoms with van der Waals surface area (Å²) in [6.07, 6.45) is 0. The largest absolute Gasteiger partial charge is 0.477 e. The molecule has 0 aliphatic carbocycles. The summed E-state index contributed by atoms with van der Waals surface area (Å²) >= 11 is 0. The van der Waals surface area contributed by atoms with E-state index in [1.54, 1.807) is 0 Å². The molecule has 0 unspecified atom stereocenters. The molecule has 4 nitrogen and oxygen atoms in total. The van der Waals surface area contributed by atoms with Crippen LogP contribution in [0.2, 0.25) is 0 Å². The fourth-order valence-corrected chi connectivity index (χ4v) is 1.81. The first kappa shape index (κ1) is 13.3. The summed E-state index contributed by atoms with van der Waals surface area (Å²) in [4.78, 5) is 11.4. The maximum Gasteiger partial charge on any atom is 0.341 e. The van der Waals surface area contributed by atoms with Gasteiger partial charge in [0.2, 0.25) is 0 Å². The quantitative estimate of drug-likeness (QED) is 0.901. The van der Waals surface area contributed by atoms with Gasteiger partial charge in [-0.05, 0) is 24.3 Å². The summed E-state index contributed by atoms with van der Waals surface area (Å²) in [5.41, 5.74) is 0.286. The highest BCUT2D eigenvalue weighted by Crippen LogP contribution is 2.33. The Balaban J connectivity index is 2.62. The fourth-order valence-electron chi connectivity index (χ4n) is 1.81. The molecular weight excluding hydrogens is 249 g/mol. The number of benzene rings is 1. The number of rotatable bonds is 2. The molecule has 0 fully saturated rings. The number of aromatic carboxylic acids is 1. The van der Waals surface area contributed by atoms with E-state index in [0.717, 1.165) is 0 Å². The summed E-state index contributed by atoms with van der Waals surface area (Å²) in [6.45, 7) is 5.52. The summed E-state index contributed by atoms with van der Waals surface area (Å²) in [5, 5.41) is 13.2. The third-order valence-corrected chi connectivity index (χ3v) is 2.70. The Morgan fingerprint density at radius 2 is 1.84 bits per heavy atom.